The van der Waals surface area contributed by atoms with Crippen molar-refractivity contribution in [2.75, 3.05) is 24.4 Å². The minimum absolute atomic E-state index is 0.0175. The Morgan fingerprint density at radius 2 is 1.97 bits per heavy atom. The van der Waals surface area contributed by atoms with E-state index in [1.54, 1.807) is 6.07 Å². The average molecular weight is 475 g/mol. The van der Waals surface area contributed by atoms with Crippen molar-refractivity contribution < 1.29 is 34.1 Å². The first-order valence-electron chi connectivity index (χ1n) is 9.46. The number of carbonyl (C=O) groups is 3. The largest absolute Gasteiger partial charge is 0.507 e. The maximum Gasteiger partial charge on any atom is 0.339 e. The van der Waals surface area contributed by atoms with Crippen molar-refractivity contribution >= 4 is 55.9 Å². The summed E-state index contributed by atoms with van der Waals surface area (Å²) in [6, 6.07) is 9.26. The van der Waals surface area contributed by atoms with Crippen molar-refractivity contribution in [3.8, 4) is 17.2 Å². The number of carboxylic acids is 1. The number of nitrogens with one attached hydrogen (secondary N) is 1. The van der Waals surface area contributed by atoms with Crippen LogP contribution in [0.15, 0.2) is 36.4 Å². The molecule has 11 heteroatoms. The van der Waals surface area contributed by atoms with E-state index in [4.69, 9.17) is 26.8 Å². The Morgan fingerprint density at radius 3 is 2.75 bits per heavy atom. The van der Waals surface area contributed by atoms with Crippen LogP contribution in [0.4, 0.5) is 5.69 Å². The SMILES string of the molecule is O=C(CCN1C(=O)C/S(=C\c2ccc3c(c2)OCO3)C1=S)Nc1ccc(O)c(C(=O)O)c1. The molecule has 166 valence electrons. The summed E-state index contributed by atoms with van der Waals surface area (Å²) in [7, 11) is -0.582. The van der Waals surface area contributed by atoms with Gasteiger partial charge in [0.05, 0.1) is 5.75 Å². The molecule has 3 N–H and O–H groups in total. The highest BCUT2D eigenvalue weighted by molar-refractivity contribution is 8.35. The van der Waals surface area contributed by atoms with Gasteiger partial charge in [0.2, 0.25) is 18.6 Å². The number of ether oxygens (including phenoxy) is 2. The van der Waals surface area contributed by atoms with E-state index in [1.807, 2.05) is 17.5 Å². The Kier molecular flexibility index (Phi) is 6.10. The predicted molar refractivity (Wildman–Crippen MR) is 123 cm³/mol. The fraction of sp³-hybridized carbons (Fsp3) is 0.190. The molecule has 1 fully saturated rings. The van der Waals surface area contributed by atoms with Crippen LogP contribution in [-0.4, -0.2) is 61.7 Å². The Morgan fingerprint density at radius 1 is 1.19 bits per heavy atom. The van der Waals surface area contributed by atoms with Gasteiger partial charge >= 0.3 is 5.97 Å². The molecule has 0 bridgehead atoms. The predicted octanol–water partition coefficient (Wildman–Crippen LogP) is 2.39. The first kappa shape index (κ1) is 21.8. The molecule has 2 aliphatic rings. The number of nitrogens with zero attached hydrogens (tertiary/aromatic N) is 1. The number of aromatic hydroxyl groups is 1. The van der Waals surface area contributed by atoms with Gasteiger partial charge in [0.1, 0.15) is 15.6 Å². The zero-order chi connectivity index (χ0) is 22.8. The molecule has 0 saturated carbocycles. The van der Waals surface area contributed by atoms with Crippen molar-refractivity contribution in [1.29, 1.82) is 0 Å². The molecule has 0 radical (unpaired) electrons. The van der Waals surface area contributed by atoms with Gasteiger partial charge in [-0.3, -0.25) is 14.5 Å². The van der Waals surface area contributed by atoms with Crippen molar-refractivity contribution in [3.05, 3.63) is 47.5 Å². The first-order valence-corrected chi connectivity index (χ1v) is 11.3. The number of rotatable bonds is 6. The summed E-state index contributed by atoms with van der Waals surface area (Å²) in [4.78, 5) is 37.3. The monoisotopic (exact) mass is 474 g/mol. The van der Waals surface area contributed by atoms with Crippen LogP contribution in [0.1, 0.15) is 22.3 Å². The number of anilines is 1. The van der Waals surface area contributed by atoms with Gasteiger partial charge in [0, 0.05) is 18.7 Å². The Hall–Kier alpha value is -3.44. The van der Waals surface area contributed by atoms with E-state index < -0.39 is 28.1 Å². The van der Waals surface area contributed by atoms with Gasteiger partial charge in [-0.25, -0.2) is 4.79 Å². The minimum Gasteiger partial charge on any atom is -0.507 e. The Labute approximate surface area is 190 Å². The molecule has 0 aromatic heterocycles. The molecule has 1 atom stereocenters. The summed E-state index contributed by atoms with van der Waals surface area (Å²) in [5.41, 5.74) is 0.784. The number of fused-ring (bicyclic) bond motifs is 1. The van der Waals surface area contributed by atoms with E-state index in [0.717, 1.165) is 5.56 Å². The number of benzene rings is 2. The lowest BCUT2D eigenvalue weighted by molar-refractivity contribution is -0.124. The van der Waals surface area contributed by atoms with Gasteiger partial charge in [-0.1, -0.05) is 18.3 Å². The highest BCUT2D eigenvalue weighted by Crippen LogP contribution is 2.34. The van der Waals surface area contributed by atoms with Gasteiger partial charge in [-0.05, 0) is 41.3 Å². The molecule has 9 nitrogen and oxygen atoms in total. The van der Waals surface area contributed by atoms with Crippen LogP contribution in [0.3, 0.4) is 0 Å². The molecule has 4 rings (SSSR count). The van der Waals surface area contributed by atoms with Gasteiger partial charge in [0.15, 0.2) is 11.5 Å². The van der Waals surface area contributed by atoms with Crippen LogP contribution >= 0.6 is 22.7 Å². The highest BCUT2D eigenvalue weighted by atomic mass is 32.2. The van der Waals surface area contributed by atoms with Crippen LogP contribution in [0, 0.1) is 0 Å². The Bertz CT molecular complexity index is 1180. The third-order valence-electron chi connectivity index (χ3n) is 4.77. The van der Waals surface area contributed by atoms with Crippen LogP contribution in [0.2, 0.25) is 0 Å². The number of hydrogen-bond acceptors (Lipinski definition) is 7. The summed E-state index contributed by atoms with van der Waals surface area (Å²) in [6.45, 7) is 0.296. The van der Waals surface area contributed by atoms with Crippen molar-refractivity contribution in [2.24, 2.45) is 0 Å². The molecule has 1 unspecified atom stereocenters. The fourth-order valence-corrected chi connectivity index (χ4v) is 5.39. The minimum atomic E-state index is -1.31. The Balaban J connectivity index is 1.38. The fourth-order valence-electron chi connectivity index (χ4n) is 3.20. The summed E-state index contributed by atoms with van der Waals surface area (Å²) in [6.07, 6.45) is -0.0175. The third kappa shape index (κ3) is 4.58. The zero-order valence-corrected chi connectivity index (χ0v) is 18.2. The first-order chi connectivity index (χ1) is 15.3. The topological polar surface area (TPSA) is 125 Å². The van der Waals surface area contributed by atoms with Crippen LogP contribution in [0.5, 0.6) is 17.2 Å². The second-order valence-electron chi connectivity index (χ2n) is 6.95. The zero-order valence-electron chi connectivity index (χ0n) is 16.6. The molecule has 0 spiro atoms. The molecule has 2 amide bonds. The number of carboxylic acid groups (broad SMARTS) is 1. The number of amides is 2. The summed E-state index contributed by atoms with van der Waals surface area (Å²) in [5.74, 6) is -0.698. The van der Waals surface area contributed by atoms with E-state index in [2.05, 4.69) is 5.32 Å². The second-order valence-corrected chi connectivity index (χ2v) is 9.36. The maximum atomic E-state index is 12.5. The van der Waals surface area contributed by atoms with Crippen molar-refractivity contribution in [2.45, 2.75) is 6.42 Å². The number of thiocarbonyl (C=S) groups is 1. The lowest BCUT2D eigenvalue weighted by Gasteiger charge is -2.15. The summed E-state index contributed by atoms with van der Waals surface area (Å²) in [5, 5.41) is 23.1. The van der Waals surface area contributed by atoms with Gasteiger partial charge < -0.3 is 25.0 Å². The van der Waals surface area contributed by atoms with E-state index in [1.165, 1.54) is 23.1 Å². The smallest absolute Gasteiger partial charge is 0.339 e. The van der Waals surface area contributed by atoms with Gasteiger partial charge in [-0.15, -0.1) is 10.5 Å². The number of aromatic carboxylic acids is 1. The lowest BCUT2D eigenvalue weighted by Crippen LogP contribution is -2.31. The van der Waals surface area contributed by atoms with Crippen LogP contribution in [0.25, 0.3) is 0 Å². The van der Waals surface area contributed by atoms with Crippen molar-refractivity contribution in [1.82, 2.24) is 4.90 Å². The van der Waals surface area contributed by atoms with E-state index >= 15 is 0 Å². The number of carbonyl (C=O) groups excluding carboxylic acids is 2. The lowest BCUT2D eigenvalue weighted by atomic mass is 10.1. The second kappa shape index (κ2) is 8.97. The summed E-state index contributed by atoms with van der Waals surface area (Å²) >= 11 is 5.48. The van der Waals surface area contributed by atoms with E-state index in [-0.39, 0.29) is 42.7 Å². The van der Waals surface area contributed by atoms with Crippen LogP contribution < -0.4 is 14.8 Å². The molecule has 2 aromatic rings. The molecular weight excluding hydrogens is 456 g/mol. The van der Waals surface area contributed by atoms with Crippen LogP contribution in [-0.2, 0) is 9.59 Å². The van der Waals surface area contributed by atoms with E-state index in [9.17, 15) is 19.5 Å². The molecule has 0 aliphatic carbocycles. The summed E-state index contributed by atoms with van der Waals surface area (Å²) < 4.78 is 11.1. The van der Waals surface area contributed by atoms with Crippen molar-refractivity contribution in [3.63, 3.8) is 0 Å². The normalized spacial score (nSPS) is 17.1. The maximum absolute atomic E-state index is 12.5. The molecular formula is C21H18N2O7S2. The van der Waals surface area contributed by atoms with Gasteiger partial charge in [-0.2, -0.15) is 0 Å². The van der Waals surface area contributed by atoms with Gasteiger partial charge in [0.25, 0.3) is 0 Å². The number of phenols is 1. The quantitative estimate of drug-likeness (QED) is 0.431. The molecule has 2 aliphatic heterocycles. The molecule has 2 aromatic carbocycles. The molecule has 2 heterocycles. The molecule has 1 saturated heterocycles. The van der Waals surface area contributed by atoms with E-state index in [0.29, 0.717) is 15.8 Å². The highest BCUT2D eigenvalue weighted by Gasteiger charge is 2.30. The number of hydrogen-bond donors (Lipinski definition) is 3. The standard InChI is InChI=1S/C21H18N2O7S2/c24-15-3-2-13(8-14(15)20(27)28)22-18(25)5-6-23-19(26)10-32(21(23)31)9-12-1-4-16-17(7-12)30-11-29-16/h1-4,7-9,24H,5-6,10-11H2,(H,22,25)(H,27,28). The average Bonchev–Trinajstić information content (AvgIpc) is 3.32. The molecule has 32 heavy (non-hydrogen) atoms. The third-order valence-corrected chi connectivity index (χ3v) is 7.42.